The predicted octanol–water partition coefficient (Wildman–Crippen LogP) is 3.74. The number of amides is 1. The van der Waals surface area contributed by atoms with Gasteiger partial charge >= 0.3 is 5.97 Å². The number of nitrogens with zero attached hydrogens (tertiary/aromatic N) is 1. The van der Waals surface area contributed by atoms with Gasteiger partial charge in [-0.2, -0.15) is 0 Å². The fourth-order valence-electron chi connectivity index (χ4n) is 2.65. The van der Waals surface area contributed by atoms with Crippen LogP contribution in [0.5, 0.6) is 5.75 Å². The lowest BCUT2D eigenvalue weighted by atomic mass is 10.2. The molecular weight excluding hydrogens is 370 g/mol. The number of pyridine rings is 1. The van der Waals surface area contributed by atoms with Crippen LogP contribution in [0.1, 0.15) is 26.4 Å². The summed E-state index contributed by atoms with van der Waals surface area (Å²) < 4.78 is 9.84. The van der Waals surface area contributed by atoms with Crippen LogP contribution < -0.4 is 15.4 Å². The third kappa shape index (κ3) is 5.32. The SMILES string of the molecule is COC(=O)c1cccc(NC(=O)c2cc(NCc3ccc(OC)cc3)ccn2)c1. The fraction of sp³-hybridized carbons (Fsp3) is 0.136. The standard InChI is InChI=1S/C22H21N3O4/c1-28-19-8-6-15(7-9-19)14-24-17-10-11-23-20(13-17)21(26)25-18-5-3-4-16(12-18)22(27)29-2/h3-13H,14H2,1-2H3,(H,23,24)(H,25,26). The number of anilines is 2. The number of benzene rings is 2. The van der Waals surface area contributed by atoms with Crippen molar-refractivity contribution in [3.8, 4) is 5.75 Å². The molecule has 0 saturated carbocycles. The number of carbonyl (C=O) groups excluding carboxylic acids is 2. The molecule has 0 fully saturated rings. The molecule has 7 heteroatoms. The number of ether oxygens (including phenoxy) is 2. The van der Waals surface area contributed by atoms with Crippen molar-refractivity contribution in [3.63, 3.8) is 0 Å². The molecule has 29 heavy (non-hydrogen) atoms. The summed E-state index contributed by atoms with van der Waals surface area (Å²) in [6.07, 6.45) is 1.57. The van der Waals surface area contributed by atoms with Crippen LogP contribution in [-0.2, 0) is 11.3 Å². The first kappa shape index (κ1) is 19.9. The normalized spacial score (nSPS) is 10.1. The van der Waals surface area contributed by atoms with Crippen molar-refractivity contribution in [2.75, 3.05) is 24.9 Å². The van der Waals surface area contributed by atoms with E-state index in [-0.39, 0.29) is 11.6 Å². The van der Waals surface area contributed by atoms with E-state index in [9.17, 15) is 9.59 Å². The molecule has 2 aromatic carbocycles. The summed E-state index contributed by atoms with van der Waals surface area (Å²) >= 11 is 0. The number of rotatable bonds is 7. The average Bonchev–Trinajstić information content (AvgIpc) is 2.77. The molecule has 1 aromatic heterocycles. The van der Waals surface area contributed by atoms with E-state index >= 15 is 0 Å². The first-order valence-corrected chi connectivity index (χ1v) is 8.91. The summed E-state index contributed by atoms with van der Waals surface area (Å²) in [7, 11) is 2.93. The summed E-state index contributed by atoms with van der Waals surface area (Å²) in [5, 5.41) is 6.01. The molecule has 0 atom stereocenters. The van der Waals surface area contributed by atoms with Crippen molar-refractivity contribution in [2.45, 2.75) is 6.54 Å². The van der Waals surface area contributed by atoms with E-state index in [0.717, 1.165) is 17.0 Å². The molecule has 0 aliphatic carbocycles. The maximum absolute atomic E-state index is 12.5. The summed E-state index contributed by atoms with van der Waals surface area (Å²) in [6, 6.07) is 17.7. The van der Waals surface area contributed by atoms with Gasteiger partial charge in [0.15, 0.2) is 0 Å². The Hall–Kier alpha value is -3.87. The number of hydrogen-bond donors (Lipinski definition) is 2. The third-order valence-corrected chi connectivity index (χ3v) is 4.19. The maximum Gasteiger partial charge on any atom is 0.337 e. The van der Waals surface area contributed by atoms with E-state index in [0.29, 0.717) is 17.8 Å². The van der Waals surface area contributed by atoms with E-state index in [1.54, 1.807) is 49.7 Å². The average molecular weight is 391 g/mol. The van der Waals surface area contributed by atoms with Crippen molar-refractivity contribution in [1.29, 1.82) is 0 Å². The minimum Gasteiger partial charge on any atom is -0.497 e. The van der Waals surface area contributed by atoms with Gasteiger partial charge in [-0.15, -0.1) is 0 Å². The fourth-order valence-corrected chi connectivity index (χ4v) is 2.65. The Morgan fingerprint density at radius 3 is 2.48 bits per heavy atom. The summed E-state index contributed by atoms with van der Waals surface area (Å²) in [4.78, 5) is 28.3. The zero-order chi connectivity index (χ0) is 20.6. The number of aromatic nitrogens is 1. The van der Waals surface area contributed by atoms with Crippen LogP contribution in [-0.4, -0.2) is 31.1 Å². The molecule has 0 aliphatic rings. The molecule has 148 valence electrons. The van der Waals surface area contributed by atoms with Crippen molar-refractivity contribution in [3.05, 3.63) is 83.7 Å². The van der Waals surface area contributed by atoms with Gasteiger partial charge < -0.3 is 20.1 Å². The maximum atomic E-state index is 12.5. The molecule has 3 aromatic rings. The van der Waals surface area contributed by atoms with Crippen molar-refractivity contribution < 1.29 is 19.1 Å². The second-order valence-electron chi connectivity index (χ2n) is 6.16. The van der Waals surface area contributed by atoms with E-state index < -0.39 is 5.97 Å². The summed E-state index contributed by atoms with van der Waals surface area (Å²) in [5.74, 6) is -0.0445. The molecule has 0 bridgehead atoms. The Balaban J connectivity index is 1.65. The van der Waals surface area contributed by atoms with Crippen LogP contribution >= 0.6 is 0 Å². The Morgan fingerprint density at radius 2 is 1.76 bits per heavy atom. The first-order valence-electron chi connectivity index (χ1n) is 8.91. The minimum atomic E-state index is -0.469. The van der Waals surface area contributed by atoms with Crippen LogP contribution in [0.4, 0.5) is 11.4 Å². The Labute approximate surface area is 168 Å². The van der Waals surface area contributed by atoms with E-state index in [4.69, 9.17) is 9.47 Å². The van der Waals surface area contributed by atoms with Gasteiger partial charge in [-0.3, -0.25) is 9.78 Å². The smallest absolute Gasteiger partial charge is 0.337 e. The van der Waals surface area contributed by atoms with Gasteiger partial charge in [0.05, 0.1) is 19.8 Å². The van der Waals surface area contributed by atoms with Gasteiger partial charge in [0.2, 0.25) is 0 Å². The van der Waals surface area contributed by atoms with Crippen LogP contribution in [0, 0.1) is 0 Å². The van der Waals surface area contributed by atoms with Crippen molar-refractivity contribution in [2.24, 2.45) is 0 Å². The Bertz CT molecular complexity index is 1000. The first-order chi connectivity index (χ1) is 14.1. The highest BCUT2D eigenvalue weighted by Gasteiger charge is 2.11. The number of methoxy groups -OCH3 is 2. The number of esters is 1. The molecule has 1 heterocycles. The monoisotopic (exact) mass is 391 g/mol. The number of nitrogens with one attached hydrogen (secondary N) is 2. The second-order valence-corrected chi connectivity index (χ2v) is 6.16. The topological polar surface area (TPSA) is 89.5 Å². The predicted molar refractivity (Wildman–Crippen MR) is 110 cm³/mol. The molecule has 0 saturated heterocycles. The summed E-state index contributed by atoms with van der Waals surface area (Å²) in [5.41, 5.74) is 2.94. The molecule has 7 nitrogen and oxygen atoms in total. The molecule has 3 rings (SSSR count). The molecular formula is C22H21N3O4. The zero-order valence-electron chi connectivity index (χ0n) is 16.1. The second kappa shape index (κ2) is 9.36. The molecule has 0 spiro atoms. The summed E-state index contributed by atoms with van der Waals surface area (Å²) in [6.45, 7) is 0.593. The number of hydrogen-bond acceptors (Lipinski definition) is 6. The van der Waals surface area contributed by atoms with Gasteiger partial charge in [0.1, 0.15) is 11.4 Å². The van der Waals surface area contributed by atoms with Crippen LogP contribution in [0.25, 0.3) is 0 Å². The van der Waals surface area contributed by atoms with E-state index in [2.05, 4.69) is 15.6 Å². The van der Waals surface area contributed by atoms with Crippen molar-refractivity contribution in [1.82, 2.24) is 4.98 Å². The quantitative estimate of drug-likeness (QED) is 0.597. The van der Waals surface area contributed by atoms with Crippen LogP contribution in [0.2, 0.25) is 0 Å². The third-order valence-electron chi connectivity index (χ3n) is 4.19. The highest BCUT2D eigenvalue weighted by atomic mass is 16.5. The Kier molecular flexibility index (Phi) is 6.42. The van der Waals surface area contributed by atoms with E-state index in [1.807, 2.05) is 24.3 Å². The van der Waals surface area contributed by atoms with Gasteiger partial charge in [-0.25, -0.2) is 4.79 Å². The molecule has 0 aliphatic heterocycles. The lowest BCUT2D eigenvalue weighted by molar-refractivity contribution is 0.0600. The lowest BCUT2D eigenvalue weighted by Crippen LogP contribution is -2.14. The van der Waals surface area contributed by atoms with E-state index in [1.165, 1.54) is 7.11 Å². The van der Waals surface area contributed by atoms with Gasteiger partial charge in [-0.1, -0.05) is 18.2 Å². The molecule has 0 radical (unpaired) electrons. The van der Waals surface area contributed by atoms with Crippen LogP contribution in [0.15, 0.2) is 66.9 Å². The van der Waals surface area contributed by atoms with Gasteiger partial charge in [-0.05, 0) is 48.0 Å². The van der Waals surface area contributed by atoms with Gasteiger partial charge in [0, 0.05) is 24.1 Å². The number of carbonyl (C=O) groups is 2. The molecule has 2 N–H and O–H groups in total. The Morgan fingerprint density at radius 1 is 0.966 bits per heavy atom. The van der Waals surface area contributed by atoms with Gasteiger partial charge in [0.25, 0.3) is 5.91 Å². The molecule has 1 amide bonds. The highest BCUT2D eigenvalue weighted by Crippen LogP contribution is 2.16. The lowest BCUT2D eigenvalue weighted by Gasteiger charge is -2.10. The van der Waals surface area contributed by atoms with Crippen molar-refractivity contribution >= 4 is 23.3 Å². The molecule has 0 unspecified atom stereocenters. The van der Waals surface area contributed by atoms with Crippen LogP contribution in [0.3, 0.4) is 0 Å². The zero-order valence-corrected chi connectivity index (χ0v) is 16.1. The highest BCUT2D eigenvalue weighted by molar-refractivity contribution is 6.04. The minimum absolute atomic E-state index is 0.258. The largest absolute Gasteiger partial charge is 0.497 e.